The minimum absolute atomic E-state index is 0.0807. The second-order valence-electron chi connectivity index (χ2n) is 14.4. The smallest absolute Gasteiger partial charge is 0.310 e. The van der Waals surface area contributed by atoms with Gasteiger partial charge in [0.15, 0.2) is 0 Å². The van der Waals surface area contributed by atoms with Crippen molar-refractivity contribution in [1.82, 2.24) is 0 Å². The maximum atomic E-state index is 12.8. The van der Waals surface area contributed by atoms with Gasteiger partial charge in [-0.1, -0.05) is 45.9 Å². The molecule has 5 aliphatic rings. The van der Waals surface area contributed by atoms with E-state index in [-0.39, 0.29) is 40.6 Å². The van der Waals surface area contributed by atoms with Crippen molar-refractivity contribution in [3.63, 3.8) is 0 Å². The molecule has 6 heteroatoms. The molecule has 0 aromatic carbocycles. The lowest BCUT2D eigenvalue weighted by Crippen LogP contribution is -2.68. The molecular formula is C30H46O6. The number of aliphatic hydroxyl groups excluding tert-OH is 3. The Hall–Kier alpha value is -1.21. The maximum Gasteiger partial charge on any atom is 0.310 e. The lowest BCUT2D eigenvalue weighted by Gasteiger charge is -2.71. The number of carboxylic acid groups (broad SMARTS) is 1. The van der Waals surface area contributed by atoms with Crippen molar-refractivity contribution in [3.8, 4) is 0 Å². The van der Waals surface area contributed by atoms with E-state index >= 15 is 0 Å². The Balaban J connectivity index is 1.64. The molecule has 0 aromatic heterocycles. The normalized spacial score (nSPS) is 56.5. The highest BCUT2D eigenvalue weighted by Crippen LogP contribution is 2.75. The first kappa shape index (κ1) is 26.4. The maximum absolute atomic E-state index is 12.8. The van der Waals surface area contributed by atoms with Gasteiger partial charge in [-0.25, -0.2) is 0 Å². The number of hydrogen-bond donors (Lipinski definition) is 5. The number of allylic oxidation sites excluding steroid dienone is 2. The molecule has 36 heavy (non-hydrogen) atoms. The summed E-state index contributed by atoms with van der Waals surface area (Å²) in [5.41, 5.74) is -1.67. The summed E-state index contributed by atoms with van der Waals surface area (Å²) in [5.74, 6) is -0.863. The predicted octanol–water partition coefficient (Wildman–Crippen LogP) is 4.07. The van der Waals surface area contributed by atoms with Crippen LogP contribution in [0.15, 0.2) is 23.8 Å². The first-order valence-electron chi connectivity index (χ1n) is 13.9. The van der Waals surface area contributed by atoms with Crippen LogP contribution in [-0.4, -0.2) is 55.9 Å². The van der Waals surface area contributed by atoms with Crippen molar-refractivity contribution in [2.45, 2.75) is 104 Å². The van der Waals surface area contributed by atoms with E-state index in [1.807, 2.05) is 6.92 Å². The fraction of sp³-hybridized carbons (Fsp3) is 0.833. The number of aliphatic carboxylic acids is 1. The molecule has 0 aliphatic heterocycles. The van der Waals surface area contributed by atoms with Crippen molar-refractivity contribution in [1.29, 1.82) is 0 Å². The van der Waals surface area contributed by atoms with Crippen molar-refractivity contribution in [2.24, 2.45) is 44.8 Å². The van der Waals surface area contributed by atoms with Crippen LogP contribution in [0.25, 0.3) is 0 Å². The monoisotopic (exact) mass is 502 g/mol. The molecule has 0 saturated heterocycles. The van der Waals surface area contributed by atoms with Gasteiger partial charge in [-0.05, 0) is 91.9 Å². The number of fused-ring (bicyclic) bond motifs is 7. The summed E-state index contributed by atoms with van der Waals surface area (Å²) in [6, 6.07) is 0. The van der Waals surface area contributed by atoms with Gasteiger partial charge in [-0.15, -0.1) is 0 Å². The largest absolute Gasteiger partial charge is 0.481 e. The summed E-state index contributed by atoms with van der Waals surface area (Å²) in [5, 5.41) is 54.0. The predicted molar refractivity (Wildman–Crippen MR) is 137 cm³/mol. The van der Waals surface area contributed by atoms with Crippen LogP contribution < -0.4 is 0 Å². The third-order valence-corrected chi connectivity index (χ3v) is 13.1. The highest BCUT2D eigenvalue weighted by atomic mass is 16.4. The van der Waals surface area contributed by atoms with Gasteiger partial charge in [-0.2, -0.15) is 0 Å². The number of rotatable bonds is 2. The summed E-state index contributed by atoms with van der Waals surface area (Å²) in [6.45, 7) is 14.8. The lowest BCUT2D eigenvalue weighted by molar-refractivity contribution is -0.243. The van der Waals surface area contributed by atoms with E-state index in [4.69, 9.17) is 0 Å². The first-order chi connectivity index (χ1) is 16.5. The summed E-state index contributed by atoms with van der Waals surface area (Å²) in [4.78, 5) is 12.8. The van der Waals surface area contributed by atoms with Crippen molar-refractivity contribution in [2.75, 3.05) is 6.61 Å². The molecule has 11 atom stereocenters. The third-order valence-electron chi connectivity index (χ3n) is 13.1. The second kappa shape index (κ2) is 7.68. The van der Waals surface area contributed by atoms with E-state index in [1.54, 1.807) is 6.92 Å². The fourth-order valence-electron chi connectivity index (χ4n) is 10.5. The topological polar surface area (TPSA) is 118 Å². The van der Waals surface area contributed by atoms with E-state index in [1.165, 1.54) is 0 Å². The van der Waals surface area contributed by atoms with Gasteiger partial charge < -0.3 is 25.5 Å². The van der Waals surface area contributed by atoms with Crippen LogP contribution in [0.1, 0.15) is 86.0 Å². The van der Waals surface area contributed by atoms with E-state index in [9.17, 15) is 30.3 Å². The van der Waals surface area contributed by atoms with Crippen molar-refractivity contribution in [3.05, 3.63) is 23.8 Å². The van der Waals surface area contributed by atoms with Gasteiger partial charge >= 0.3 is 5.97 Å². The SMILES string of the molecule is C=C1[C@H]2C3=CC[C@@H]4[C@@]5(C)C[C@@H](O)[C@@H](O)[C@@](C)(CO)[C@@H]5CC[C@@]4(C)[C@]3(C)CC[C@@]2(C(=O)O)CC[C@]1(C)O. The van der Waals surface area contributed by atoms with E-state index < -0.39 is 34.6 Å². The average molecular weight is 503 g/mol. The highest BCUT2D eigenvalue weighted by Gasteiger charge is 2.71. The van der Waals surface area contributed by atoms with Gasteiger partial charge in [0.2, 0.25) is 0 Å². The molecule has 0 spiro atoms. The molecule has 202 valence electrons. The zero-order chi connectivity index (χ0) is 26.7. The molecule has 0 unspecified atom stereocenters. The van der Waals surface area contributed by atoms with E-state index in [2.05, 4.69) is 33.4 Å². The molecule has 4 saturated carbocycles. The van der Waals surface area contributed by atoms with Gasteiger partial charge in [0, 0.05) is 11.3 Å². The fourth-order valence-corrected chi connectivity index (χ4v) is 10.5. The van der Waals surface area contributed by atoms with Gasteiger partial charge in [0.05, 0.1) is 29.8 Å². The highest BCUT2D eigenvalue weighted by molar-refractivity contribution is 5.78. The summed E-state index contributed by atoms with van der Waals surface area (Å²) in [7, 11) is 0. The summed E-state index contributed by atoms with van der Waals surface area (Å²) >= 11 is 0. The Morgan fingerprint density at radius 3 is 2.28 bits per heavy atom. The average Bonchev–Trinajstić information content (AvgIpc) is 2.80. The Labute approximate surface area is 215 Å². The summed E-state index contributed by atoms with van der Waals surface area (Å²) < 4.78 is 0. The Morgan fingerprint density at radius 2 is 1.67 bits per heavy atom. The molecule has 5 N–H and O–H groups in total. The summed E-state index contributed by atoms with van der Waals surface area (Å²) in [6.07, 6.45) is 5.66. The van der Waals surface area contributed by atoms with Crippen molar-refractivity contribution >= 4 is 5.97 Å². The zero-order valence-electron chi connectivity index (χ0n) is 22.7. The molecule has 0 amide bonds. The molecule has 6 nitrogen and oxygen atoms in total. The van der Waals surface area contributed by atoms with E-state index in [0.29, 0.717) is 31.3 Å². The Morgan fingerprint density at radius 1 is 1.03 bits per heavy atom. The van der Waals surface area contributed by atoms with Crippen LogP contribution in [0.3, 0.4) is 0 Å². The molecule has 5 aliphatic carbocycles. The molecular weight excluding hydrogens is 456 g/mol. The van der Waals surface area contributed by atoms with Crippen LogP contribution in [0.5, 0.6) is 0 Å². The number of aliphatic hydroxyl groups is 4. The number of carboxylic acids is 1. The quantitative estimate of drug-likeness (QED) is 0.363. The van der Waals surface area contributed by atoms with Crippen molar-refractivity contribution < 1.29 is 30.3 Å². The Kier molecular flexibility index (Phi) is 5.63. The number of carbonyl (C=O) groups is 1. The van der Waals surface area contributed by atoms with Crippen LogP contribution in [0.2, 0.25) is 0 Å². The third kappa shape index (κ3) is 2.91. The van der Waals surface area contributed by atoms with Crippen LogP contribution in [0.4, 0.5) is 0 Å². The van der Waals surface area contributed by atoms with Crippen LogP contribution in [0, 0.1) is 44.8 Å². The van der Waals surface area contributed by atoms with Gasteiger partial charge in [-0.3, -0.25) is 4.79 Å². The molecule has 5 rings (SSSR count). The minimum Gasteiger partial charge on any atom is -0.481 e. The zero-order valence-corrected chi connectivity index (χ0v) is 22.7. The molecule has 0 aromatic rings. The van der Waals surface area contributed by atoms with Crippen LogP contribution >= 0.6 is 0 Å². The van der Waals surface area contributed by atoms with E-state index in [0.717, 1.165) is 31.3 Å². The van der Waals surface area contributed by atoms with Gasteiger partial charge in [0.25, 0.3) is 0 Å². The molecule has 0 heterocycles. The minimum atomic E-state index is -1.09. The Bertz CT molecular complexity index is 1020. The molecule has 0 radical (unpaired) electrons. The van der Waals surface area contributed by atoms with Crippen LogP contribution in [-0.2, 0) is 4.79 Å². The second-order valence-corrected chi connectivity index (χ2v) is 14.4. The molecule has 4 fully saturated rings. The first-order valence-corrected chi connectivity index (χ1v) is 13.9. The molecule has 0 bridgehead atoms. The standard InChI is InChI=1S/C30H46O6/c1-17-22-18-7-8-21-25(2)15-19(32)23(33)26(3,16-31)20(25)9-10-28(21,5)27(18,4)11-13-30(22,24(34)35)14-12-29(17,6)36/h7,19-23,31-33,36H,1,8-16H2,2-6H3,(H,34,35)/t19-,20-,21-,22+,23-,25+,26+,27-,28-,29+,30-/m1/s1. The lowest BCUT2D eigenvalue weighted by atomic mass is 9.33. The van der Waals surface area contributed by atoms with Gasteiger partial charge in [0.1, 0.15) is 0 Å². The number of hydrogen-bond acceptors (Lipinski definition) is 5.